The summed E-state index contributed by atoms with van der Waals surface area (Å²) < 4.78 is 0. The molecule has 0 spiro atoms. The van der Waals surface area contributed by atoms with Gasteiger partial charge >= 0.3 is 5.97 Å². The molecule has 1 atom stereocenters. The highest BCUT2D eigenvalue weighted by Gasteiger charge is 2.23. The molecular formula is C19H39NO3. The Hall–Kier alpha value is -0.610. The zero-order valence-corrected chi connectivity index (χ0v) is 15.4. The number of carboxylic acids is 1. The van der Waals surface area contributed by atoms with Crippen LogP contribution in [0.2, 0.25) is 0 Å². The van der Waals surface area contributed by atoms with Crippen LogP contribution in [0.3, 0.4) is 0 Å². The molecule has 0 rings (SSSR count). The van der Waals surface area contributed by atoms with Gasteiger partial charge in [0.05, 0.1) is 0 Å². The van der Waals surface area contributed by atoms with E-state index in [1.807, 2.05) is 4.90 Å². The summed E-state index contributed by atoms with van der Waals surface area (Å²) >= 11 is 0. The number of rotatable bonds is 17. The van der Waals surface area contributed by atoms with Gasteiger partial charge in [0.2, 0.25) is 0 Å². The summed E-state index contributed by atoms with van der Waals surface area (Å²) in [6.45, 7) is 5.89. The van der Waals surface area contributed by atoms with Crippen molar-refractivity contribution in [2.45, 2.75) is 96.9 Å². The molecule has 0 amide bonds. The molecule has 0 radical (unpaired) electrons. The average molecular weight is 330 g/mol. The van der Waals surface area contributed by atoms with E-state index < -0.39 is 12.0 Å². The summed E-state index contributed by atoms with van der Waals surface area (Å²) in [5, 5.41) is 18.4. The minimum Gasteiger partial charge on any atom is -0.480 e. The molecule has 0 unspecified atom stereocenters. The zero-order chi connectivity index (χ0) is 17.3. The molecule has 0 aromatic heterocycles. The SMILES string of the molecule is CCCCCCCCCCCCN(CCC)[C@@H](CCO)C(=O)O. The van der Waals surface area contributed by atoms with Crippen LogP contribution in [-0.4, -0.2) is 46.8 Å². The molecule has 138 valence electrons. The van der Waals surface area contributed by atoms with Gasteiger partial charge in [0.25, 0.3) is 0 Å². The second kappa shape index (κ2) is 16.3. The van der Waals surface area contributed by atoms with Crippen molar-refractivity contribution < 1.29 is 15.0 Å². The molecule has 4 heteroatoms. The van der Waals surface area contributed by atoms with Crippen LogP contribution in [0.15, 0.2) is 0 Å². The number of aliphatic hydroxyl groups is 1. The first-order valence-electron chi connectivity index (χ1n) is 9.75. The van der Waals surface area contributed by atoms with E-state index in [0.717, 1.165) is 25.9 Å². The molecule has 0 aromatic rings. The highest BCUT2D eigenvalue weighted by Crippen LogP contribution is 2.12. The molecule has 0 aromatic carbocycles. The summed E-state index contributed by atoms with van der Waals surface area (Å²) in [4.78, 5) is 13.4. The minimum absolute atomic E-state index is 0.0603. The van der Waals surface area contributed by atoms with Crippen molar-refractivity contribution in [3.8, 4) is 0 Å². The first kappa shape index (κ1) is 22.4. The second-order valence-electron chi connectivity index (χ2n) is 6.58. The number of hydrogen-bond donors (Lipinski definition) is 2. The first-order chi connectivity index (χ1) is 11.2. The number of carboxylic acid groups (broad SMARTS) is 1. The summed E-state index contributed by atoms with van der Waals surface area (Å²) in [7, 11) is 0. The third kappa shape index (κ3) is 12.5. The van der Waals surface area contributed by atoms with E-state index in [2.05, 4.69) is 13.8 Å². The van der Waals surface area contributed by atoms with Crippen molar-refractivity contribution in [1.82, 2.24) is 4.90 Å². The van der Waals surface area contributed by atoms with E-state index in [4.69, 9.17) is 5.11 Å². The van der Waals surface area contributed by atoms with Gasteiger partial charge in [-0.2, -0.15) is 0 Å². The predicted molar refractivity (Wildman–Crippen MR) is 96.8 cm³/mol. The van der Waals surface area contributed by atoms with Crippen LogP contribution < -0.4 is 0 Å². The largest absolute Gasteiger partial charge is 0.480 e. The summed E-state index contributed by atoms with van der Waals surface area (Å²) in [6.07, 6.45) is 14.2. The lowest BCUT2D eigenvalue weighted by atomic mass is 10.1. The molecule has 2 N–H and O–H groups in total. The molecule has 0 aliphatic heterocycles. The van der Waals surface area contributed by atoms with Crippen LogP contribution in [-0.2, 0) is 4.79 Å². The van der Waals surface area contributed by atoms with Crippen LogP contribution in [0.25, 0.3) is 0 Å². The number of unbranched alkanes of at least 4 members (excludes halogenated alkanes) is 9. The highest BCUT2D eigenvalue weighted by atomic mass is 16.4. The first-order valence-corrected chi connectivity index (χ1v) is 9.75. The molecule has 23 heavy (non-hydrogen) atoms. The van der Waals surface area contributed by atoms with Crippen molar-refractivity contribution in [3.63, 3.8) is 0 Å². The van der Waals surface area contributed by atoms with E-state index >= 15 is 0 Å². The fourth-order valence-electron chi connectivity index (χ4n) is 3.10. The maximum Gasteiger partial charge on any atom is 0.321 e. The van der Waals surface area contributed by atoms with Gasteiger partial charge in [0.15, 0.2) is 0 Å². The molecule has 0 heterocycles. The smallest absolute Gasteiger partial charge is 0.321 e. The molecule has 0 aliphatic carbocycles. The lowest BCUT2D eigenvalue weighted by Gasteiger charge is -2.28. The van der Waals surface area contributed by atoms with E-state index in [-0.39, 0.29) is 6.61 Å². The number of aliphatic carboxylic acids is 1. The molecular weight excluding hydrogens is 290 g/mol. The van der Waals surface area contributed by atoms with Crippen molar-refractivity contribution in [3.05, 3.63) is 0 Å². The monoisotopic (exact) mass is 329 g/mol. The number of hydrogen-bond acceptors (Lipinski definition) is 3. The van der Waals surface area contributed by atoms with Gasteiger partial charge in [-0.25, -0.2) is 0 Å². The Bertz CT molecular complexity index is 271. The van der Waals surface area contributed by atoms with Crippen molar-refractivity contribution in [1.29, 1.82) is 0 Å². The standard InChI is InChI=1S/C19H39NO3/c1-3-5-6-7-8-9-10-11-12-13-16-20(15-4-2)18(14-17-21)19(22)23/h18,21H,3-17H2,1-2H3,(H,22,23)/t18-/m0/s1. The quantitative estimate of drug-likeness (QED) is 0.387. The van der Waals surface area contributed by atoms with Crippen LogP contribution in [0, 0.1) is 0 Å². The Morgan fingerprint density at radius 2 is 1.35 bits per heavy atom. The second-order valence-corrected chi connectivity index (χ2v) is 6.58. The summed E-state index contributed by atoms with van der Waals surface area (Å²) in [5.74, 6) is -0.806. The van der Waals surface area contributed by atoms with Gasteiger partial charge in [-0.3, -0.25) is 9.69 Å². The van der Waals surface area contributed by atoms with Gasteiger partial charge in [0.1, 0.15) is 6.04 Å². The van der Waals surface area contributed by atoms with Gasteiger partial charge < -0.3 is 10.2 Å². The molecule has 0 saturated heterocycles. The fourth-order valence-corrected chi connectivity index (χ4v) is 3.10. The summed E-state index contributed by atoms with van der Waals surface area (Å²) in [5.41, 5.74) is 0. The normalized spacial score (nSPS) is 12.7. The third-order valence-corrected chi connectivity index (χ3v) is 4.44. The van der Waals surface area contributed by atoms with Gasteiger partial charge in [-0.15, -0.1) is 0 Å². The average Bonchev–Trinajstić information content (AvgIpc) is 2.53. The molecule has 0 aliphatic rings. The molecule has 0 fully saturated rings. The highest BCUT2D eigenvalue weighted by molar-refractivity contribution is 5.73. The zero-order valence-electron chi connectivity index (χ0n) is 15.4. The number of aliphatic hydroxyl groups excluding tert-OH is 1. The topological polar surface area (TPSA) is 60.8 Å². The van der Waals surface area contributed by atoms with Crippen molar-refractivity contribution >= 4 is 5.97 Å². The third-order valence-electron chi connectivity index (χ3n) is 4.44. The van der Waals surface area contributed by atoms with Crippen molar-refractivity contribution in [2.75, 3.05) is 19.7 Å². The van der Waals surface area contributed by atoms with E-state index in [0.29, 0.717) is 6.42 Å². The Kier molecular flexibility index (Phi) is 15.8. The Morgan fingerprint density at radius 1 is 0.826 bits per heavy atom. The van der Waals surface area contributed by atoms with Crippen LogP contribution in [0.5, 0.6) is 0 Å². The molecule has 0 bridgehead atoms. The van der Waals surface area contributed by atoms with Crippen LogP contribution >= 0.6 is 0 Å². The maximum atomic E-state index is 11.3. The van der Waals surface area contributed by atoms with Crippen LogP contribution in [0.4, 0.5) is 0 Å². The summed E-state index contributed by atoms with van der Waals surface area (Å²) in [6, 6.07) is -0.529. The van der Waals surface area contributed by atoms with E-state index in [9.17, 15) is 9.90 Å². The van der Waals surface area contributed by atoms with Crippen molar-refractivity contribution in [2.24, 2.45) is 0 Å². The lowest BCUT2D eigenvalue weighted by Crippen LogP contribution is -2.42. The lowest BCUT2D eigenvalue weighted by molar-refractivity contribution is -0.144. The Labute approximate surface area is 143 Å². The van der Waals surface area contributed by atoms with Gasteiger partial charge in [-0.05, 0) is 32.4 Å². The molecule has 4 nitrogen and oxygen atoms in total. The number of nitrogens with zero attached hydrogens (tertiary/aromatic N) is 1. The van der Waals surface area contributed by atoms with Crippen LogP contribution in [0.1, 0.15) is 90.9 Å². The maximum absolute atomic E-state index is 11.3. The van der Waals surface area contributed by atoms with E-state index in [1.165, 1.54) is 57.8 Å². The van der Waals surface area contributed by atoms with Gasteiger partial charge in [-0.1, -0.05) is 71.6 Å². The Morgan fingerprint density at radius 3 is 1.78 bits per heavy atom. The number of carbonyl (C=O) groups is 1. The fraction of sp³-hybridized carbons (Fsp3) is 0.947. The van der Waals surface area contributed by atoms with Gasteiger partial charge in [0, 0.05) is 6.61 Å². The minimum atomic E-state index is -0.806. The van der Waals surface area contributed by atoms with E-state index in [1.54, 1.807) is 0 Å². The molecule has 0 saturated carbocycles. The predicted octanol–water partition coefficient (Wildman–Crippen LogP) is 4.45. The Balaban J connectivity index is 3.77.